The van der Waals surface area contributed by atoms with Crippen molar-refractivity contribution in [2.45, 2.75) is 55.9 Å². The van der Waals surface area contributed by atoms with Crippen LogP contribution in [-0.2, 0) is 38.7 Å². The van der Waals surface area contributed by atoms with Crippen LogP contribution in [0.15, 0.2) is 30.5 Å². The average Bonchev–Trinajstić information content (AvgIpc) is 3.39. The minimum absolute atomic E-state index is 0.0605. The summed E-state index contributed by atoms with van der Waals surface area (Å²) in [5, 5.41) is 71.3. The highest BCUT2D eigenvalue weighted by molar-refractivity contribution is 5.80. The molecule has 1 aromatic heterocycles. The summed E-state index contributed by atoms with van der Waals surface area (Å²) < 4.78 is 12.4. The minimum atomic E-state index is -2.40. The lowest BCUT2D eigenvalue weighted by atomic mass is 9.82. The number of aliphatic hydroxyl groups excluding tert-OH is 5. The molecule has 0 saturated carbocycles. The predicted molar refractivity (Wildman–Crippen MR) is 133 cm³/mol. The molecular weight excluding hydrogens is 534 g/mol. The predicted octanol–water partition coefficient (Wildman–Crippen LogP) is -3.69. The van der Waals surface area contributed by atoms with Crippen molar-refractivity contribution in [3.8, 4) is 5.75 Å². The molecule has 2 aromatic rings. The number of hydrogen-bond acceptors (Lipinski definition) is 12. The number of ether oxygens (including phenoxy) is 2. The van der Waals surface area contributed by atoms with E-state index in [1.165, 1.54) is 4.68 Å². The molecule has 2 amide bonds. The third-order valence-electron chi connectivity index (χ3n) is 6.29. The van der Waals surface area contributed by atoms with Gasteiger partial charge in [-0.15, -0.1) is 5.10 Å². The lowest BCUT2D eigenvalue weighted by Gasteiger charge is -2.43. The van der Waals surface area contributed by atoms with Crippen molar-refractivity contribution in [1.29, 1.82) is 0 Å². The molecule has 1 aliphatic rings. The van der Waals surface area contributed by atoms with Gasteiger partial charge in [0.15, 0.2) is 5.60 Å². The van der Waals surface area contributed by atoms with Crippen LogP contribution in [0.3, 0.4) is 0 Å². The van der Waals surface area contributed by atoms with Crippen LogP contribution < -0.4 is 15.4 Å². The van der Waals surface area contributed by atoms with E-state index >= 15 is 0 Å². The van der Waals surface area contributed by atoms with E-state index in [0.29, 0.717) is 23.6 Å². The van der Waals surface area contributed by atoms with Crippen molar-refractivity contribution in [2.75, 3.05) is 26.4 Å². The number of benzene rings is 1. The Morgan fingerprint density at radius 2 is 1.90 bits per heavy atom. The monoisotopic (exact) mass is 567 g/mol. The fourth-order valence-corrected chi connectivity index (χ4v) is 4.10. The first-order valence-electron chi connectivity index (χ1n) is 12.4. The standard InChI is InChI=1S/C24H33N5O11/c30-6-5-29-10-15(27-28-29)12-39-16-3-1-14(2-4-16)7-20(34)25-9-19(33)22(36)24(23(37)38)8-18(32)17(13-40-24)26-21(35)11-31/h1-4,10,17-19,22,30-33,36H,5-9,11-13H2,(H,25,34)(H,26,35)(H,37,38)/t17?,18?,19-,22-,24?/m1/s1. The molecule has 1 aromatic carbocycles. The van der Waals surface area contributed by atoms with E-state index < -0.39 is 73.9 Å². The van der Waals surface area contributed by atoms with E-state index in [2.05, 4.69) is 20.9 Å². The summed E-state index contributed by atoms with van der Waals surface area (Å²) in [6, 6.07) is 5.59. The summed E-state index contributed by atoms with van der Waals surface area (Å²) in [6.07, 6.45) is -4.34. The highest BCUT2D eigenvalue weighted by Gasteiger charge is 2.54. The Balaban J connectivity index is 1.48. The van der Waals surface area contributed by atoms with E-state index in [-0.39, 0.29) is 19.6 Å². The zero-order valence-electron chi connectivity index (χ0n) is 21.4. The average molecular weight is 568 g/mol. The van der Waals surface area contributed by atoms with Crippen molar-refractivity contribution in [3.63, 3.8) is 0 Å². The largest absolute Gasteiger partial charge is 0.487 e. The number of nitrogens with one attached hydrogen (secondary N) is 2. The zero-order chi connectivity index (χ0) is 29.3. The minimum Gasteiger partial charge on any atom is -0.487 e. The van der Waals surface area contributed by atoms with E-state index in [9.17, 15) is 34.8 Å². The van der Waals surface area contributed by atoms with E-state index in [0.717, 1.165) is 0 Å². The van der Waals surface area contributed by atoms with Crippen molar-refractivity contribution < 1.29 is 54.5 Å². The van der Waals surface area contributed by atoms with Crippen LogP contribution in [0.25, 0.3) is 0 Å². The normalized spacial score (nSPS) is 22.2. The number of hydrogen-bond donors (Lipinski definition) is 8. The third-order valence-corrected chi connectivity index (χ3v) is 6.29. The van der Waals surface area contributed by atoms with Crippen molar-refractivity contribution in [2.24, 2.45) is 0 Å². The lowest BCUT2D eigenvalue weighted by Crippen LogP contribution is -2.66. The SMILES string of the molecule is O=C(Cc1ccc(OCc2cn(CCO)nn2)cc1)NC[C@@H](O)[C@@H](O)C1(C(=O)O)CC(O)C(NC(=O)CO)CO1. The summed E-state index contributed by atoms with van der Waals surface area (Å²) in [4.78, 5) is 35.7. The Morgan fingerprint density at radius 1 is 1.18 bits per heavy atom. The van der Waals surface area contributed by atoms with E-state index in [4.69, 9.17) is 19.7 Å². The molecule has 0 aliphatic carbocycles. The summed E-state index contributed by atoms with van der Waals surface area (Å²) in [6.45, 7) is -1.43. The van der Waals surface area contributed by atoms with Gasteiger partial charge < -0.3 is 50.7 Å². The van der Waals surface area contributed by atoms with Gasteiger partial charge >= 0.3 is 5.97 Å². The Morgan fingerprint density at radius 3 is 2.52 bits per heavy atom. The highest BCUT2D eigenvalue weighted by atomic mass is 16.5. The van der Waals surface area contributed by atoms with Crippen LogP contribution >= 0.6 is 0 Å². The summed E-state index contributed by atoms with van der Waals surface area (Å²) >= 11 is 0. The topological polar surface area (TPSA) is 246 Å². The number of aliphatic carboxylic acids is 1. The fourth-order valence-electron chi connectivity index (χ4n) is 4.10. The molecule has 2 heterocycles. The molecule has 5 atom stereocenters. The first-order chi connectivity index (χ1) is 19.1. The van der Waals surface area contributed by atoms with Crippen LogP contribution in [0.4, 0.5) is 0 Å². The number of carboxylic acids is 1. The quantitative estimate of drug-likeness (QED) is 0.110. The first kappa shape index (κ1) is 30.9. The van der Waals surface area contributed by atoms with Gasteiger partial charge in [-0.1, -0.05) is 17.3 Å². The lowest BCUT2D eigenvalue weighted by molar-refractivity contribution is -0.220. The molecule has 3 unspecified atom stereocenters. The molecule has 16 nitrogen and oxygen atoms in total. The van der Waals surface area contributed by atoms with Crippen LogP contribution in [-0.4, -0.2) is 120 Å². The van der Waals surface area contributed by atoms with Crippen LogP contribution in [0.5, 0.6) is 5.75 Å². The van der Waals surface area contributed by atoms with Gasteiger partial charge in [-0.05, 0) is 17.7 Å². The molecule has 220 valence electrons. The van der Waals surface area contributed by atoms with Gasteiger partial charge in [0.1, 0.15) is 36.9 Å². The molecule has 0 radical (unpaired) electrons. The number of nitrogens with zero attached hydrogens (tertiary/aromatic N) is 3. The number of carbonyl (C=O) groups is 3. The van der Waals surface area contributed by atoms with Crippen molar-refractivity contribution in [3.05, 3.63) is 41.7 Å². The number of carboxylic acid groups (broad SMARTS) is 1. The summed E-state index contributed by atoms with van der Waals surface area (Å²) in [5.74, 6) is -2.44. The maximum Gasteiger partial charge on any atom is 0.338 e. The molecule has 1 fully saturated rings. The van der Waals surface area contributed by atoms with Gasteiger partial charge in [-0.2, -0.15) is 0 Å². The third kappa shape index (κ3) is 7.93. The molecular formula is C24H33N5O11. The summed E-state index contributed by atoms with van der Waals surface area (Å²) in [7, 11) is 0. The van der Waals surface area contributed by atoms with Gasteiger partial charge in [-0.3, -0.25) is 9.59 Å². The molecule has 1 aliphatic heterocycles. The Labute approximate surface area is 228 Å². The summed E-state index contributed by atoms with van der Waals surface area (Å²) in [5.41, 5.74) is -1.21. The molecule has 0 bridgehead atoms. The van der Waals surface area contributed by atoms with Crippen LogP contribution in [0, 0.1) is 0 Å². The van der Waals surface area contributed by atoms with E-state index in [1.807, 2.05) is 0 Å². The molecule has 16 heteroatoms. The number of carbonyl (C=O) groups excluding carboxylic acids is 2. The number of rotatable bonds is 14. The van der Waals surface area contributed by atoms with Crippen molar-refractivity contribution >= 4 is 17.8 Å². The van der Waals surface area contributed by atoms with Gasteiger partial charge in [0, 0.05) is 13.0 Å². The second-order valence-corrected chi connectivity index (χ2v) is 9.23. The van der Waals surface area contributed by atoms with E-state index in [1.54, 1.807) is 30.5 Å². The van der Waals surface area contributed by atoms with Gasteiger partial charge in [-0.25, -0.2) is 9.48 Å². The zero-order valence-corrected chi connectivity index (χ0v) is 21.4. The van der Waals surface area contributed by atoms with Crippen LogP contribution in [0.1, 0.15) is 17.7 Å². The first-order valence-corrected chi connectivity index (χ1v) is 12.4. The molecule has 8 N–H and O–H groups in total. The van der Waals surface area contributed by atoms with Crippen molar-refractivity contribution in [1.82, 2.24) is 25.6 Å². The van der Waals surface area contributed by atoms with Gasteiger partial charge in [0.2, 0.25) is 11.8 Å². The second kappa shape index (κ2) is 14.1. The number of amides is 2. The molecule has 40 heavy (non-hydrogen) atoms. The Kier molecular flexibility index (Phi) is 10.9. The molecule has 0 spiro atoms. The highest BCUT2D eigenvalue weighted by Crippen LogP contribution is 2.31. The number of aliphatic hydroxyl groups is 5. The number of aromatic nitrogens is 3. The van der Waals surface area contributed by atoms with Gasteiger partial charge in [0.25, 0.3) is 0 Å². The maximum atomic E-state index is 12.4. The Hall–Kier alpha value is -3.67. The smallest absolute Gasteiger partial charge is 0.338 e. The van der Waals surface area contributed by atoms with Gasteiger partial charge in [0.05, 0.1) is 44.5 Å². The molecule has 1 saturated heterocycles. The second-order valence-electron chi connectivity index (χ2n) is 9.23. The maximum absolute atomic E-state index is 12.4. The van der Waals surface area contributed by atoms with Crippen LogP contribution in [0.2, 0.25) is 0 Å². The molecule has 3 rings (SSSR count). The fraction of sp³-hybridized carbons (Fsp3) is 0.542. The Bertz CT molecular complexity index is 1140.